The van der Waals surface area contributed by atoms with Crippen molar-refractivity contribution in [1.82, 2.24) is 0 Å². The van der Waals surface area contributed by atoms with Gasteiger partial charge in [-0.15, -0.1) is 11.3 Å². The number of fused-ring (bicyclic) bond motifs is 1. The van der Waals surface area contributed by atoms with Crippen LogP contribution < -0.4 is 5.73 Å². The van der Waals surface area contributed by atoms with E-state index in [-0.39, 0.29) is 0 Å². The van der Waals surface area contributed by atoms with E-state index in [2.05, 4.69) is 50.0 Å². The molecule has 0 spiro atoms. The number of thiophene rings is 1. The molecule has 0 bridgehead atoms. The summed E-state index contributed by atoms with van der Waals surface area (Å²) in [5, 5.41) is 4.29. The molecule has 1 aromatic carbocycles. The lowest BCUT2D eigenvalue weighted by Gasteiger charge is -2.04. The van der Waals surface area contributed by atoms with Gasteiger partial charge in [0, 0.05) is 15.7 Å². The largest absolute Gasteiger partial charge is 0.398 e. The van der Waals surface area contributed by atoms with Gasteiger partial charge in [0.1, 0.15) is 0 Å². The fourth-order valence-electron chi connectivity index (χ4n) is 1.30. The predicted molar refractivity (Wildman–Crippen MR) is 71.6 cm³/mol. The van der Waals surface area contributed by atoms with Crippen LogP contribution in [0.4, 0.5) is 5.69 Å². The van der Waals surface area contributed by atoms with E-state index in [0.29, 0.717) is 0 Å². The lowest BCUT2D eigenvalue weighted by molar-refractivity contribution is 1.49. The molecule has 2 N–H and O–H groups in total. The number of nitrogens with two attached hydrogens (primary N) is 1. The second-order valence-electron chi connectivity index (χ2n) is 2.74. The Morgan fingerprint density at radius 1 is 1.54 bits per heavy atom. The van der Waals surface area contributed by atoms with Crippen LogP contribution in [0.5, 0.6) is 0 Å². The number of anilines is 1. The molecule has 1 heterocycles. The van der Waals surface area contributed by atoms with Crippen LogP contribution in [0.1, 0.15) is 5.56 Å². The summed E-state index contributed by atoms with van der Waals surface area (Å²) in [6.07, 6.45) is 0. The van der Waals surface area contributed by atoms with E-state index in [4.69, 9.17) is 5.73 Å². The second-order valence-corrected chi connectivity index (χ2v) is 5.29. The van der Waals surface area contributed by atoms with Crippen molar-refractivity contribution in [2.24, 2.45) is 0 Å². The third-order valence-electron chi connectivity index (χ3n) is 1.94. The van der Waals surface area contributed by atoms with E-state index < -0.39 is 0 Å². The van der Waals surface area contributed by atoms with Crippen LogP contribution in [-0.4, -0.2) is 0 Å². The third kappa shape index (κ3) is 1.59. The van der Waals surface area contributed by atoms with E-state index in [1.165, 1.54) is 19.2 Å². The van der Waals surface area contributed by atoms with E-state index in [1.54, 1.807) is 11.3 Å². The second kappa shape index (κ2) is 3.74. The number of hydrogen-bond donors (Lipinski definition) is 1. The van der Waals surface area contributed by atoms with Gasteiger partial charge in [-0.2, -0.15) is 0 Å². The summed E-state index contributed by atoms with van der Waals surface area (Å²) in [6.45, 7) is 0. The van der Waals surface area contributed by atoms with Crippen molar-refractivity contribution in [3.8, 4) is 0 Å². The maximum absolute atomic E-state index is 5.90. The minimum absolute atomic E-state index is 0.862. The van der Waals surface area contributed by atoms with Crippen LogP contribution in [0.15, 0.2) is 17.5 Å². The first-order valence-electron chi connectivity index (χ1n) is 3.74. The molecule has 0 aliphatic carbocycles. The van der Waals surface area contributed by atoms with Crippen molar-refractivity contribution in [1.29, 1.82) is 0 Å². The van der Waals surface area contributed by atoms with Crippen LogP contribution in [0, 0.1) is 3.57 Å². The number of rotatable bonds is 1. The number of benzene rings is 1. The molecule has 1 nitrogen and oxygen atoms in total. The first kappa shape index (κ1) is 9.73. The Kier molecular flexibility index (Phi) is 2.80. The summed E-state index contributed by atoms with van der Waals surface area (Å²) in [7, 11) is 0. The summed E-state index contributed by atoms with van der Waals surface area (Å²) in [5.41, 5.74) is 8.05. The zero-order chi connectivity index (χ0) is 9.42. The average molecular weight is 368 g/mol. The van der Waals surface area contributed by atoms with Gasteiger partial charge in [-0.25, -0.2) is 0 Å². The number of halogens is 2. The van der Waals surface area contributed by atoms with Gasteiger partial charge in [0.15, 0.2) is 0 Å². The molecule has 2 aromatic rings. The Morgan fingerprint density at radius 2 is 2.31 bits per heavy atom. The molecule has 1 aromatic heterocycles. The van der Waals surface area contributed by atoms with Gasteiger partial charge >= 0.3 is 0 Å². The van der Waals surface area contributed by atoms with Gasteiger partial charge in [0.25, 0.3) is 0 Å². The summed E-state index contributed by atoms with van der Waals surface area (Å²) in [4.78, 5) is 0. The highest BCUT2D eigenvalue weighted by Gasteiger charge is 2.08. The van der Waals surface area contributed by atoms with Crippen molar-refractivity contribution in [3.05, 3.63) is 26.6 Å². The summed E-state index contributed by atoms with van der Waals surface area (Å²) in [5.74, 6) is 0. The molecule has 0 radical (unpaired) electrons. The van der Waals surface area contributed by atoms with Crippen molar-refractivity contribution >= 4 is 65.6 Å². The quantitative estimate of drug-likeness (QED) is 0.460. The van der Waals surface area contributed by atoms with E-state index in [9.17, 15) is 0 Å². The topological polar surface area (TPSA) is 26.0 Å². The molecule has 0 atom stereocenters. The molecule has 13 heavy (non-hydrogen) atoms. The van der Waals surface area contributed by atoms with E-state index >= 15 is 0 Å². The van der Waals surface area contributed by atoms with Crippen LogP contribution in [0.2, 0.25) is 0 Å². The summed E-state index contributed by atoms with van der Waals surface area (Å²) < 4.78 is 2.47. The number of alkyl halides is 1. The highest BCUT2D eigenvalue weighted by atomic mass is 127. The van der Waals surface area contributed by atoms with Crippen molar-refractivity contribution in [3.63, 3.8) is 0 Å². The highest BCUT2D eigenvalue weighted by Crippen LogP contribution is 2.33. The first-order chi connectivity index (χ1) is 6.24. The highest BCUT2D eigenvalue weighted by molar-refractivity contribution is 14.1. The lowest BCUT2D eigenvalue weighted by Crippen LogP contribution is -1.91. The zero-order valence-corrected chi connectivity index (χ0v) is 11.2. The normalized spacial score (nSPS) is 10.9. The molecule has 0 unspecified atom stereocenters. The van der Waals surface area contributed by atoms with Crippen LogP contribution in [0.25, 0.3) is 10.1 Å². The molecular formula is C9H7BrINS. The summed E-state index contributed by atoms with van der Waals surface area (Å²) >= 11 is 7.52. The van der Waals surface area contributed by atoms with Gasteiger partial charge in [-0.05, 0) is 51.1 Å². The standard InChI is InChI=1S/C9H7BrINS/c10-4-5-3-7(12)8(11)9-6(5)1-2-13-9/h1-3H,4,12H2. The molecule has 0 saturated heterocycles. The third-order valence-corrected chi connectivity index (χ3v) is 5.00. The minimum atomic E-state index is 0.862. The molecular weight excluding hydrogens is 361 g/mol. The Hall–Kier alpha value is 0.190. The van der Waals surface area contributed by atoms with Crippen molar-refractivity contribution in [2.75, 3.05) is 5.73 Å². The average Bonchev–Trinajstić information content (AvgIpc) is 2.60. The molecule has 0 aliphatic rings. The van der Waals surface area contributed by atoms with Gasteiger partial charge in [0.2, 0.25) is 0 Å². The Balaban J connectivity index is 2.87. The Morgan fingerprint density at radius 3 is 3.00 bits per heavy atom. The minimum Gasteiger partial charge on any atom is -0.398 e. The van der Waals surface area contributed by atoms with Crippen molar-refractivity contribution in [2.45, 2.75) is 5.33 Å². The maximum Gasteiger partial charge on any atom is 0.0538 e. The van der Waals surface area contributed by atoms with Gasteiger partial charge < -0.3 is 5.73 Å². The zero-order valence-electron chi connectivity index (χ0n) is 6.68. The van der Waals surface area contributed by atoms with Gasteiger partial charge in [0.05, 0.1) is 3.57 Å². The number of nitrogen functional groups attached to an aromatic ring is 1. The molecule has 68 valence electrons. The molecule has 0 amide bonds. The van der Waals surface area contributed by atoms with Crippen LogP contribution in [-0.2, 0) is 5.33 Å². The van der Waals surface area contributed by atoms with Crippen LogP contribution >= 0.6 is 49.9 Å². The van der Waals surface area contributed by atoms with Crippen molar-refractivity contribution < 1.29 is 0 Å². The maximum atomic E-state index is 5.90. The smallest absolute Gasteiger partial charge is 0.0538 e. The molecule has 4 heteroatoms. The molecule has 2 rings (SSSR count). The SMILES string of the molecule is Nc1cc(CBr)c2ccsc2c1I. The van der Waals surface area contributed by atoms with E-state index in [1.807, 2.05) is 6.07 Å². The monoisotopic (exact) mass is 367 g/mol. The lowest BCUT2D eigenvalue weighted by atomic mass is 10.1. The fourth-order valence-corrected chi connectivity index (χ4v) is 3.48. The van der Waals surface area contributed by atoms with Crippen LogP contribution in [0.3, 0.4) is 0 Å². The molecule has 0 saturated carbocycles. The van der Waals surface area contributed by atoms with Gasteiger partial charge in [-0.3, -0.25) is 0 Å². The van der Waals surface area contributed by atoms with Gasteiger partial charge in [-0.1, -0.05) is 15.9 Å². The number of hydrogen-bond acceptors (Lipinski definition) is 2. The molecule has 0 fully saturated rings. The predicted octanol–water partition coefficient (Wildman–Crippen LogP) is 3.98. The Labute approximate surface area is 103 Å². The molecule has 0 aliphatic heterocycles. The van der Waals surface area contributed by atoms with E-state index in [0.717, 1.165) is 11.0 Å². The first-order valence-corrected chi connectivity index (χ1v) is 6.82. The fraction of sp³-hybridized carbons (Fsp3) is 0.111. The Bertz CT molecular complexity index is 452. The summed E-state index contributed by atoms with van der Waals surface area (Å²) in [6, 6.07) is 4.20.